The Kier molecular flexibility index (Phi) is 4.96. The maximum atomic E-state index is 6.57. The van der Waals surface area contributed by atoms with E-state index in [2.05, 4.69) is 143 Å². The van der Waals surface area contributed by atoms with E-state index in [4.69, 9.17) is 9.40 Å². The van der Waals surface area contributed by atoms with Crippen LogP contribution in [0.2, 0.25) is 0 Å². The second-order valence-corrected chi connectivity index (χ2v) is 11.6. The van der Waals surface area contributed by atoms with Crippen LogP contribution in [0.15, 0.2) is 156 Å². The van der Waals surface area contributed by atoms with Crippen LogP contribution in [-0.2, 0) is 0 Å². The SMILES string of the molecule is c1ccc(-c2nc3c4ccc5c6ccccc6n(-c6cccc7c6oc6ccccc67)c5c4ccc3n2-c2ccccc2)cc1. The molecule has 10 aromatic rings. The zero-order valence-corrected chi connectivity index (χ0v) is 24.2. The highest BCUT2D eigenvalue weighted by molar-refractivity contribution is 6.23. The quantitative estimate of drug-likeness (QED) is 0.210. The number of fused-ring (bicyclic) bond motifs is 10. The molecule has 0 fully saturated rings. The van der Waals surface area contributed by atoms with Gasteiger partial charge in [0.05, 0.1) is 27.8 Å². The predicted octanol–water partition coefficient (Wildman–Crippen LogP) is 10.8. The molecule has 0 aliphatic rings. The number of benzene rings is 7. The molecule has 0 amide bonds. The lowest BCUT2D eigenvalue weighted by molar-refractivity contribution is 0.666. The number of hydrogen-bond acceptors (Lipinski definition) is 2. The minimum absolute atomic E-state index is 0.888. The largest absolute Gasteiger partial charge is 0.454 e. The first-order valence-corrected chi connectivity index (χ1v) is 15.2. The highest BCUT2D eigenvalue weighted by Crippen LogP contribution is 2.42. The van der Waals surface area contributed by atoms with E-state index in [1.165, 1.54) is 10.8 Å². The zero-order chi connectivity index (χ0) is 29.5. The van der Waals surface area contributed by atoms with E-state index in [1.807, 2.05) is 18.2 Å². The second kappa shape index (κ2) is 9.18. The molecule has 0 radical (unpaired) electrons. The van der Waals surface area contributed by atoms with Crippen LogP contribution in [0.3, 0.4) is 0 Å². The van der Waals surface area contributed by atoms with Crippen molar-refractivity contribution in [2.75, 3.05) is 0 Å². The fourth-order valence-corrected chi connectivity index (χ4v) is 7.18. The van der Waals surface area contributed by atoms with Crippen LogP contribution in [0.25, 0.3) is 88.3 Å². The van der Waals surface area contributed by atoms with E-state index in [0.29, 0.717) is 0 Å². The van der Waals surface area contributed by atoms with Gasteiger partial charge in [0.1, 0.15) is 11.4 Å². The fourth-order valence-electron chi connectivity index (χ4n) is 7.18. The molecular formula is C41H25N3O. The second-order valence-electron chi connectivity index (χ2n) is 11.6. The van der Waals surface area contributed by atoms with Crippen molar-refractivity contribution in [1.82, 2.24) is 14.1 Å². The Morgan fingerprint density at radius 2 is 1.11 bits per heavy atom. The van der Waals surface area contributed by atoms with Crippen LogP contribution in [0.1, 0.15) is 0 Å². The van der Waals surface area contributed by atoms with Crippen molar-refractivity contribution in [2.45, 2.75) is 0 Å². The van der Waals surface area contributed by atoms with Gasteiger partial charge in [0.2, 0.25) is 0 Å². The van der Waals surface area contributed by atoms with Gasteiger partial charge >= 0.3 is 0 Å². The maximum absolute atomic E-state index is 6.57. The van der Waals surface area contributed by atoms with Crippen LogP contribution in [-0.4, -0.2) is 14.1 Å². The Morgan fingerprint density at radius 1 is 0.444 bits per heavy atom. The first kappa shape index (κ1) is 24.3. The topological polar surface area (TPSA) is 35.9 Å². The Hall–Kier alpha value is -6.13. The lowest BCUT2D eigenvalue weighted by Crippen LogP contribution is -1.97. The summed E-state index contributed by atoms with van der Waals surface area (Å²) in [6.45, 7) is 0. The van der Waals surface area contributed by atoms with Crippen molar-refractivity contribution in [1.29, 1.82) is 0 Å². The van der Waals surface area contributed by atoms with E-state index >= 15 is 0 Å². The van der Waals surface area contributed by atoms with Gasteiger partial charge in [-0.1, -0.05) is 115 Å². The van der Waals surface area contributed by atoms with Gasteiger partial charge in [-0.15, -0.1) is 0 Å². The number of aromatic nitrogens is 3. The zero-order valence-electron chi connectivity index (χ0n) is 24.2. The molecule has 0 saturated heterocycles. The van der Waals surface area contributed by atoms with Gasteiger partial charge in [-0.3, -0.25) is 4.57 Å². The molecule has 3 heterocycles. The monoisotopic (exact) mass is 575 g/mol. The number of imidazole rings is 1. The van der Waals surface area contributed by atoms with Crippen LogP contribution < -0.4 is 0 Å². The molecule has 10 rings (SSSR count). The number of furan rings is 1. The Morgan fingerprint density at radius 3 is 1.98 bits per heavy atom. The molecule has 4 nitrogen and oxygen atoms in total. The van der Waals surface area contributed by atoms with Crippen molar-refractivity contribution < 1.29 is 4.42 Å². The smallest absolute Gasteiger partial charge is 0.159 e. The normalized spacial score (nSPS) is 12.0. The molecule has 45 heavy (non-hydrogen) atoms. The average molecular weight is 576 g/mol. The average Bonchev–Trinajstić information content (AvgIpc) is 3.79. The van der Waals surface area contributed by atoms with Gasteiger partial charge in [-0.05, 0) is 36.4 Å². The summed E-state index contributed by atoms with van der Waals surface area (Å²) in [5.74, 6) is 0.928. The van der Waals surface area contributed by atoms with Crippen molar-refractivity contribution in [2.24, 2.45) is 0 Å². The molecule has 0 aliphatic heterocycles. The van der Waals surface area contributed by atoms with E-state index in [0.717, 1.165) is 77.5 Å². The maximum Gasteiger partial charge on any atom is 0.159 e. The summed E-state index contributed by atoms with van der Waals surface area (Å²) in [6, 6.07) is 53.4. The molecule has 0 aliphatic carbocycles. The van der Waals surface area contributed by atoms with Gasteiger partial charge in [0, 0.05) is 43.6 Å². The molecule has 0 spiro atoms. The molecule has 0 bridgehead atoms. The Bertz CT molecular complexity index is 2750. The van der Waals surface area contributed by atoms with Gasteiger partial charge in [-0.2, -0.15) is 0 Å². The molecule has 7 aromatic carbocycles. The third-order valence-electron chi connectivity index (χ3n) is 9.12. The first-order chi connectivity index (χ1) is 22.3. The van der Waals surface area contributed by atoms with E-state index in [9.17, 15) is 0 Å². The number of rotatable bonds is 3. The molecule has 0 unspecified atom stereocenters. The van der Waals surface area contributed by atoms with Crippen LogP contribution in [0.5, 0.6) is 0 Å². The van der Waals surface area contributed by atoms with Crippen LogP contribution in [0.4, 0.5) is 0 Å². The number of nitrogens with zero attached hydrogens (tertiary/aromatic N) is 3. The van der Waals surface area contributed by atoms with Crippen LogP contribution in [0, 0.1) is 0 Å². The van der Waals surface area contributed by atoms with E-state index in [1.54, 1.807) is 0 Å². The Labute approximate surface area is 258 Å². The van der Waals surface area contributed by atoms with Crippen LogP contribution >= 0.6 is 0 Å². The first-order valence-electron chi connectivity index (χ1n) is 15.2. The summed E-state index contributed by atoms with van der Waals surface area (Å²) in [6.07, 6.45) is 0. The highest BCUT2D eigenvalue weighted by Gasteiger charge is 2.22. The van der Waals surface area contributed by atoms with Gasteiger partial charge < -0.3 is 8.98 Å². The van der Waals surface area contributed by atoms with Gasteiger partial charge in [-0.25, -0.2) is 4.98 Å². The van der Waals surface area contributed by atoms with E-state index < -0.39 is 0 Å². The van der Waals surface area contributed by atoms with Gasteiger partial charge in [0.25, 0.3) is 0 Å². The van der Waals surface area contributed by atoms with E-state index in [-0.39, 0.29) is 0 Å². The summed E-state index contributed by atoms with van der Waals surface area (Å²) in [5.41, 5.74) is 9.34. The van der Waals surface area contributed by atoms with Crippen molar-refractivity contribution in [3.8, 4) is 22.8 Å². The predicted molar refractivity (Wildman–Crippen MR) is 186 cm³/mol. The Balaban J connectivity index is 1.35. The third kappa shape index (κ3) is 3.39. The summed E-state index contributed by atoms with van der Waals surface area (Å²) in [7, 11) is 0. The lowest BCUT2D eigenvalue weighted by atomic mass is 10.0. The van der Waals surface area contributed by atoms with Crippen molar-refractivity contribution in [3.63, 3.8) is 0 Å². The molecule has 3 aromatic heterocycles. The third-order valence-corrected chi connectivity index (χ3v) is 9.12. The number of para-hydroxylation sites is 4. The van der Waals surface area contributed by atoms with Crippen molar-refractivity contribution in [3.05, 3.63) is 152 Å². The molecule has 0 saturated carbocycles. The minimum atomic E-state index is 0.888. The van der Waals surface area contributed by atoms with Gasteiger partial charge in [0.15, 0.2) is 5.58 Å². The molecule has 4 heteroatoms. The molecule has 0 atom stereocenters. The lowest BCUT2D eigenvalue weighted by Gasteiger charge is -2.11. The number of hydrogen-bond donors (Lipinski definition) is 0. The highest BCUT2D eigenvalue weighted by atomic mass is 16.3. The summed E-state index contributed by atoms with van der Waals surface area (Å²) >= 11 is 0. The standard InChI is InChI=1S/C41H25N3O/c1-3-12-26(13-4-1)41-42-38-30-22-23-31-28-16-7-9-19-34(28)44(36-20-11-18-33-29-17-8-10-21-37(29)45-40(33)36)39(31)32(30)24-25-35(38)43(41)27-14-5-2-6-15-27/h1-25H. The minimum Gasteiger partial charge on any atom is -0.454 e. The molecular weight excluding hydrogens is 550 g/mol. The summed E-state index contributed by atoms with van der Waals surface area (Å²) in [5, 5.41) is 6.93. The molecule has 0 N–H and O–H groups in total. The molecule has 210 valence electrons. The summed E-state index contributed by atoms with van der Waals surface area (Å²) in [4.78, 5) is 5.36. The summed E-state index contributed by atoms with van der Waals surface area (Å²) < 4.78 is 11.2. The fraction of sp³-hybridized carbons (Fsp3) is 0. The van der Waals surface area contributed by atoms with Crippen molar-refractivity contribution >= 4 is 65.6 Å².